The third-order valence-corrected chi connectivity index (χ3v) is 5.66. The van der Waals surface area contributed by atoms with Crippen LogP contribution in [-0.4, -0.2) is 17.3 Å². The van der Waals surface area contributed by atoms with Gasteiger partial charge in [0.25, 0.3) is 0 Å². The summed E-state index contributed by atoms with van der Waals surface area (Å²) in [4.78, 5) is 16.6. The van der Waals surface area contributed by atoms with E-state index < -0.39 is 0 Å². The highest BCUT2D eigenvalue weighted by Gasteiger charge is 2.21. The maximum atomic E-state index is 11.9. The van der Waals surface area contributed by atoms with Crippen molar-refractivity contribution in [3.05, 3.63) is 95.6 Å². The molecule has 2 aromatic carbocycles. The summed E-state index contributed by atoms with van der Waals surface area (Å²) in [6.45, 7) is 5.96. The smallest absolute Gasteiger partial charge is 0.150 e. The van der Waals surface area contributed by atoms with E-state index >= 15 is 0 Å². The summed E-state index contributed by atoms with van der Waals surface area (Å²) in [6.07, 6.45) is 14.3. The first-order chi connectivity index (χ1) is 15.1. The number of aromatic nitrogens is 1. The molecule has 0 saturated heterocycles. The quantitative estimate of drug-likeness (QED) is 0.386. The monoisotopic (exact) mass is 404 g/mol. The van der Waals surface area contributed by atoms with Crippen LogP contribution in [0.1, 0.15) is 35.7 Å². The summed E-state index contributed by atoms with van der Waals surface area (Å²) in [7, 11) is 0. The van der Waals surface area contributed by atoms with E-state index in [0.29, 0.717) is 5.56 Å². The van der Waals surface area contributed by atoms with Gasteiger partial charge in [0.2, 0.25) is 0 Å². The van der Waals surface area contributed by atoms with Gasteiger partial charge in [0.15, 0.2) is 6.29 Å². The van der Waals surface area contributed by atoms with E-state index in [1.54, 1.807) is 0 Å². The minimum atomic E-state index is 0.234. The van der Waals surface area contributed by atoms with Gasteiger partial charge in [0.05, 0.1) is 5.52 Å². The highest BCUT2D eigenvalue weighted by atomic mass is 16.1. The Kier molecular flexibility index (Phi) is 5.82. The van der Waals surface area contributed by atoms with Crippen molar-refractivity contribution < 1.29 is 4.79 Å². The Balaban J connectivity index is 1.63. The summed E-state index contributed by atoms with van der Waals surface area (Å²) < 4.78 is 0. The lowest BCUT2D eigenvalue weighted by atomic mass is 10.00. The number of aldehydes is 1. The van der Waals surface area contributed by atoms with E-state index in [1.165, 1.54) is 11.1 Å². The van der Waals surface area contributed by atoms with E-state index in [9.17, 15) is 4.79 Å². The molecule has 0 fully saturated rings. The number of fused-ring (bicyclic) bond motifs is 1. The van der Waals surface area contributed by atoms with Crippen LogP contribution < -0.4 is 5.32 Å². The fraction of sp³-hybridized carbons (Fsp3) is 0.143. The van der Waals surface area contributed by atoms with Gasteiger partial charge >= 0.3 is 0 Å². The van der Waals surface area contributed by atoms with Crippen LogP contribution in [-0.2, 0) is 0 Å². The van der Waals surface area contributed by atoms with E-state index in [1.807, 2.05) is 61.5 Å². The van der Waals surface area contributed by atoms with Crippen molar-refractivity contribution in [2.45, 2.75) is 25.8 Å². The molecular formula is C28H24N2O. The molecule has 3 heteroatoms. The number of pyridine rings is 1. The highest BCUT2D eigenvalue weighted by Crippen LogP contribution is 2.32. The lowest BCUT2D eigenvalue weighted by Crippen LogP contribution is -2.17. The molecule has 0 bridgehead atoms. The van der Waals surface area contributed by atoms with Crippen molar-refractivity contribution >= 4 is 23.0 Å². The Hall–Kier alpha value is -3.90. The SMILES string of the molecule is C#Cc1ccc(-c2ccc3nc(NC4CC(C=C)=C(/C=C\C)C4)cc(C=O)c3c2)cc1. The zero-order valence-electron chi connectivity index (χ0n) is 17.6. The van der Waals surface area contributed by atoms with Crippen LogP contribution in [0, 0.1) is 12.3 Å². The molecule has 4 rings (SSSR count). The second-order valence-electron chi connectivity index (χ2n) is 7.67. The van der Waals surface area contributed by atoms with Gasteiger partial charge in [0.1, 0.15) is 5.82 Å². The van der Waals surface area contributed by atoms with Crippen LogP contribution in [0.2, 0.25) is 0 Å². The Labute approximate surface area is 183 Å². The van der Waals surface area contributed by atoms with Crippen molar-refractivity contribution in [2.75, 3.05) is 5.32 Å². The highest BCUT2D eigenvalue weighted by molar-refractivity contribution is 5.99. The number of hydrogen-bond acceptors (Lipinski definition) is 3. The predicted octanol–water partition coefficient (Wildman–Crippen LogP) is 6.33. The third-order valence-electron chi connectivity index (χ3n) is 5.66. The Morgan fingerprint density at radius 1 is 1.10 bits per heavy atom. The van der Waals surface area contributed by atoms with Crippen LogP contribution in [0.15, 0.2) is 84.5 Å². The number of hydrogen-bond donors (Lipinski definition) is 1. The first-order valence-corrected chi connectivity index (χ1v) is 10.4. The van der Waals surface area contributed by atoms with Crippen molar-refractivity contribution in [1.29, 1.82) is 0 Å². The van der Waals surface area contributed by atoms with E-state index in [4.69, 9.17) is 11.4 Å². The molecule has 1 aliphatic rings. The molecule has 1 N–H and O–H groups in total. The number of anilines is 1. The minimum absolute atomic E-state index is 0.234. The molecule has 3 aromatic rings. The maximum absolute atomic E-state index is 11.9. The van der Waals surface area contributed by atoms with Crippen molar-refractivity contribution in [2.24, 2.45) is 0 Å². The van der Waals surface area contributed by atoms with Crippen molar-refractivity contribution in [3.63, 3.8) is 0 Å². The molecule has 0 aliphatic heterocycles. The third kappa shape index (κ3) is 4.20. The number of carbonyl (C=O) groups is 1. The number of carbonyl (C=O) groups excluding carboxylic acids is 1. The van der Waals surface area contributed by atoms with Gasteiger partial charge in [-0.05, 0) is 72.4 Å². The summed E-state index contributed by atoms with van der Waals surface area (Å²) in [6, 6.07) is 15.9. The maximum Gasteiger partial charge on any atom is 0.150 e. The van der Waals surface area contributed by atoms with E-state index in [-0.39, 0.29) is 6.04 Å². The number of nitrogens with one attached hydrogen (secondary N) is 1. The topological polar surface area (TPSA) is 42.0 Å². The Morgan fingerprint density at radius 3 is 2.52 bits per heavy atom. The van der Waals surface area contributed by atoms with Gasteiger partial charge in [-0.2, -0.15) is 0 Å². The normalized spacial score (nSPS) is 15.9. The molecule has 0 saturated carbocycles. The molecule has 1 heterocycles. The largest absolute Gasteiger partial charge is 0.367 e. The lowest BCUT2D eigenvalue weighted by Gasteiger charge is -2.15. The Morgan fingerprint density at radius 2 is 1.84 bits per heavy atom. The minimum Gasteiger partial charge on any atom is -0.367 e. The standard InChI is InChI=1S/C28H24N2O/c1-4-7-22-15-25(14-20(22)6-3)29-28-17-24(18-31)26-16-23(12-13-27(26)30-28)21-10-8-19(5-2)9-11-21/h2,4,6-13,16-18,25H,3,14-15H2,1H3,(H,29,30)/b7-4-. The first kappa shape index (κ1) is 20.4. The second kappa shape index (κ2) is 8.85. The molecule has 1 aromatic heterocycles. The molecular weight excluding hydrogens is 380 g/mol. The van der Waals surface area contributed by atoms with Gasteiger partial charge in [-0.25, -0.2) is 4.98 Å². The predicted molar refractivity (Wildman–Crippen MR) is 129 cm³/mol. The van der Waals surface area contributed by atoms with Crippen molar-refractivity contribution in [3.8, 4) is 23.5 Å². The van der Waals surface area contributed by atoms with E-state index in [0.717, 1.165) is 52.5 Å². The number of rotatable bonds is 6. The van der Waals surface area contributed by atoms with Crippen molar-refractivity contribution in [1.82, 2.24) is 4.98 Å². The van der Waals surface area contributed by atoms with Crippen LogP contribution in [0.3, 0.4) is 0 Å². The first-order valence-electron chi connectivity index (χ1n) is 10.4. The molecule has 1 aliphatic carbocycles. The number of benzene rings is 2. The van der Waals surface area contributed by atoms with Gasteiger partial charge in [-0.1, -0.05) is 48.9 Å². The number of nitrogens with zero attached hydrogens (tertiary/aromatic N) is 1. The summed E-state index contributed by atoms with van der Waals surface area (Å²) >= 11 is 0. The summed E-state index contributed by atoms with van der Waals surface area (Å²) in [5, 5.41) is 4.35. The molecule has 0 amide bonds. The average Bonchev–Trinajstić information content (AvgIpc) is 3.19. The molecule has 1 unspecified atom stereocenters. The molecule has 0 spiro atoms. The summed E-state index contributed by atoms with van der Waals surface area (Å²) in [5.74, 6) is 3.35. The van der Waals surface area contributed by atoms with Crippen LogP contribution in [0.4, 0.5) is 5.82 Å². The molecule has 1 atom stereocenters. The molecule has 152 valence electrons. The van der Waals surface area contributed by atoms with Crippen LogP contribution >= 0.6 is 0 Å². The van der Waals surface area contributed by atoms with Gasteiger partial charge in [-0.15, -0.1) is 6.42 Å². The molecule has 0 radical (unpaired) electrons. The second-order valence-corrected chi connectivity index (χ2v) is 7.67. The van der Waals surface area contributed by atoms with Gasteiger partial charge in [0, 0.05) is 22.6 Å². The lowest BCUT2D eigenvalue weighted by molar-refractivity contribution is 0.112. The molecule has 3 nitrogen and oxygen atoms in total. The summed E-state index contributed by atoms with van der Waals surface area (Å²) in [5.41, 5.74) is 6.88. The average molecular weight is 405 g/mol. The molecule has 31 heavy (non-hydrogen) atoms. The number of allylic oxidation sites excluding steroid dienone is 3. The fourth-order valence-electron chi connectivity index (χ4n) is 4.13. The van der Waals surface area contributed by atoms with Gasteiger partial charge in [-0.3, -0.25) is 4.79 Å². The Bertz CT molecular complexity index is 1260. The van der Waals surface area contributed by atoms with Crippen LogP contribution in [0.25, 0.3) is 22.0 Å². The van der Waals surface area contributed by atoms with Gasteiger partial charge < -0.3 is 5.32 Å². The zero-order valence-corrected chi connectivity index (χ0v) is 17.6. The number of terminal acetylenes is 1. The van der Waals surface area contributed by atoms with E-state index in [2.05, 4.69) is 30.0 Å². The fourth-order valence-corrected chi connectivity index (χ4v) is 4.13. The van der Waals surface area contributed by atoms with Crippen LogP contribution in [0.5, 0.6) is 0 Å². The zero-order chi connectivity index (χ0) is 21.8.